The van der Waals surface area contributed by atoms with Gasteiger partial charge < -0.3 is 10.6 Å². The fourth-order valence-corrected chi connectivity index (χ4v) is 2.57. The summed E-state index contributed by atoms with van der Waals surface area (Å²) in [5.41, 5.74) is 5.09. The number of halogens is 3. The van der Waals surface area contributed by atoms with E-state index in [2.05, 4.69) is 10.1 Å². The van der Waals surface area contributed by atoms with Crippen LogP contribution in [0.2, 0.25) is 0 Å². The van der Waals surface area contributed by atoms with E-state index in [-0.39, 0.29) is 0 Å². The van der Waals surface area contributed by atoms with E-state index >= 15 is 0 Å². The zero-order valence-corrected chi connectivity index (χ0v) is 11.3. The lowest BCUT2D eigenvalue weighted by Gasteiger charge is -2.38. The molecule has 8 heteroatoms. The third-order valence-electron chi connectivity index (χ3n) is 3.82. The van der Waals surface area contributed by atoms with Gasteiger partial charge in [-0.2, -0.15) is 18.3 Å². The molecular formula is C13H16F3N5. The smallest absolute Gasteiger partial charge is 0.351 e. The van der Waals surface area contributed by atoms with Crippen molar-refractivity contribution in [1.82, 2.24) is 14.6 Å². The van der Waals surface area contributed by atoms with Crippen LogP contribution in [0.3, 0.4) is 0 Å². The van der Waals surface area contributed by atoms with Crippen LogP contribution < -0.4 is 10.6 Å². The van der Waals surface area contributed by atoms with Crippen molar-refractivity contribution in [1.29, 1.82) is 0 Å². The minimum absolute atomic E-state index is 0.302. The maximum absolute atomic E-state index is 12.8. The van der Waals surface area contributed by atoms with Crippen molar-refractivity contribution in [2.24, 2.45) is 5.73 Å². The van der Waals surface area contributed by atoms with Crippen LogP contribution in [0.5, 0.6) is 0 Å². The topological polar surface area (TPSA) is 59.5 Å². The highest BCUT2D eigenvalue weighted by Gasteiger charge is 2.35. The molecule has 2 N–H and O–H groups in total. The highest BCUT2D eigenvalue weighted by Crippen LogP contribution is 2.33. The van der Waals surface area contributed by atoms with Gasteiger partial charge >= 0.3 is 6.18 Å². The molecule has 2 aromatic rings. The number of anilines is 1. The summed E-state index contributed by atoms with van der Waals surface area (Å²) in [6.45, 7) is 1.00. The Morgan fingerprint density at radius 1 is 1.38 bits per heavy atom. The van der Waals surface area contributed by atoms with E-state index in [1.165, 1.54) is 16.9 Å². The fourth-order valence-electron chi connectivity index (χ4n) is 2.57. The molecular weight excluding hydrogens is 283 g/mol. The van der Waals surface area contributed by atoms with Crippen molar-refractivity contribution < 1.29 is 13.2 Å². The van der Waals surface area contributed by atoms with Gasteiger partial charge in [0.05, 0.1) is 0 Å². The second-order valence-corrected chi connectivity index (χ2v) is 5.17. The zero-order chi connectivity index (χ0) is 15.0. The van der Waals surface area contributed by atoms with Crippen molar-refractivity contribution in [2.45, 2.75) is 31.5 Å². The molecule has 1 fully saturated rings. The molecule has 0 aromatic carbocycles. The lowest BCUT2D eigenvalue weighted by atomic mass is 9.91. The average Bonchev–Trinajstić information content (AvgIpc) is 2.79. The van der Waals surface area contributed by atoms with Gasteiger partial charge in [-0.05, 0) is 19.3 Å². The number of aromatic nitrogens is 3. The third-order valence-corrected chi connectivity index (χ3v) is 3.82. The van der Waals surface area contributed by atoms with Gasteiger partial charge in [0.2, 0.25) is 0 Å². The lowest BCUT2D eigenvalue weighted by Crippen LogP contribution is -2.43. The van der Waals surface area contributed by atoms with Crippen LogP contribution in [0.15, 0.2) is 18.5 Å². The Labute approximate surface area is 119 Å². The van der Waals surface area contributed by atoms with Gasteiger partial charge in [0.15, 0.2) is 11.5 Å². The summed E-state index contributed by atoms with van der Waals surface area (Å²) < 4.78 is 39.7. The van der Waals surface area contributed by atoms with E-state index in [9.17, 15) is 13.2 Å². The first kappa shape index (κ1) is 14.1. The molecule has 0 spiro atoms. The number of rotatable bonds is 4. The van der Waals surface area contributed by atoms with Crippen LogP contribution in [-0.4, -0.2) is 33.7 Å². The first-order valence-corrected chi connectivity index (χ1v) is 6.89. The molecule has 1 saturated carbocycles. The van der Waals surface area contributed by atoms with E-state index in [1.54, 1.807) is 0 Å². The zero-order valence-electron chi connectivity index (χ0n) is 11.3. The molecule has 1 aliphatic rings. The molecule has 3 rings (SSSR count). The Bertz CT molecular complexity index is 632. The normalized spacial score (nSPS) is 16.2. The largest absolute Gasteiger partial charge is 0.435 e. The molecule has 5 nitrogen and oxygen atoms in total. The standard InChI is InChI=1S/C13H16F3N5/c14-13(15,16)11-8-10-12(18-5-7-21(10)19-11)20(6-4-17)9-2-1-3-9/h5,7-9H,1-4,6,17H2. The van der Waals surface area contributed by atoms with E-state index in [4.69, 9.17) is 5.73 Å². The van der Waals surface area contributed by atoms with Gasteiger partial charge in [-0.3, -0.25) is 0 Å². The quantitative estimate of drug-likeness (QED) is 0.939. The molecule has 114 valence electrons. The summed E-state index contributed by atoms with van der Waals surface area (Å²) in [5, 5.41) is 3.58. The second kappa shape index (κ2) is 5.18. The van der Waals surface area contributed by atoms with Crippen molar-refractivity contribution in [3.8, 4) is 0 Å². The predicted molar refractivity (Wildman–Crippen MR) is 72.0 cm³/mol. The van der Waals surface area contributed by atoms with Crippen molar-refractivity contribution in [2.75, 3.05) is 18.0 Å². The molecule has 2 aromatic heterocycles. The van der Waals surface area contributed by atoms with Gasteiger partial charge in [-0.15, -0.1) is 0 Å². The molecule has 0 saturated heterocycles. The minimum atomic E-state index is -4.46. The summed E-state index contributed by atoms with van der Waals surface area (Å²) in [6, 6.07) is 1.35. The van der Waals surface area contributed by atoms with Crippen LogP contribution in [-0.2, 0) is 6.18 Å². The van der Waals surface area contributed by atoms with Gasteiger partial charge in [0.1, 0.15) is 5.52 Å². The van der Waals surface area contributed by atoms with Crippen LogP contribution >= 0.6 is 0 Å². The number of fused-ring (bicyclic) bond motifs is 1. The number of alkyl halides is 3. The molecule has 0 radical (unpaired) electrons. The van der Waals surface area contributed by atoms with Crippen LogP contribution in [0, 0.1) is 0 Å². The summed E-state index contributed by atoms with van der Waals surface area (Å²) >= 11 is 0. The molecule has 0 bridgehead atoms. The molecule has 0 unspecified atom stereocenters. The second-order valence-electron chi connectivity index (χ2n) is 5.17. The van der Waals surface area contributed by atoms with Gasteiger partial charge in [0, 0.05) is 37.6 Å². The third kappa shape index (κ3) is 2.55. The molecule has 0 amide bonds. The number of hydrogen-bond acceptors (Lipinski definition) is 4. The Kier molecular flexibility index (Phi) is 3.48. The predicted octanol–water partition coefficient (Wildman–Crippen LogP) is 2.07. The van der Waals surface area contributed by atoms with Crippen molar-refractivity contribution >= 4 is 11.3 Å². The van der Waals surface area contributed by atoms with E-state index in [0.717, 1.165) is 25.3 Å². The molecule has 21 heavy (non-hydrogen) atoms. The van der Waals surface area contributed by atoms with Crippen molar-refractivity contribution in [3.63, 3.8) is 0 Å². The molecule has 1 aliphatic carbocycles. The van der Waals surface area contributed by atoms with E-state index < -0.39 is 11.9 Å². The van der Waals surface area contributed by atoms with E-state index in [0.29, 0.717) is 30.5 Å². The van der Waals surface area contributed by atoms with Gasteiger partial charge in [-0.1, -0.05) is 0 Å². The van der Waals surface area contributed by atoms with Gasteiger partial charge in [0.25, 0.3) is 0 Å². The van der Waals surface area contributed by atoms with Crippen LogP contribution in [0.25, 0.3) is 5.52 Å². The number of nitrogens with two attached hydrogens (primary N) is 1. The van der Waals surface area contributed by atoms with Crippen molar-refractivity contribution in [3.05, 3.63) is 24.2 Å². The lowest BCUT2D eigenvalue weighted by molar-refractivity contribution is -0.141. The summed E-state index contributed by atoms with van der Waals surface area (Å²) in [4.78, 5) is 6.27. The maximum atomic E-state index is 12.8. The Morgan fingerprint density at radius 3 is 2.71 bits per heavy atom. The fraction of sp³-hybridized carbons (Fsp3) is 0.538. The molecule has 0 aliphatic heterocycles. The average molecular weight is 299 g/mol. The highest BCUT2D eigenvalue weighted by molar-refractivity contribution is 5.69. The highest BCUT2D eigenvalue weighted by atomic mass is 19.4. The van der Waals surface area contributed by atoms with Crippen LogP contribution in [0.4, 0.5) is 19.0 Å². The maximum Gasteiger partial charge on any atom is 0.435 e. The monoisotopic (exact) mass is 299 g/mol. The Balaban J connectivity index is 2.06. The first-order valence-electron chi connectivity index (χ1n) is 6.89. The minimum Gasteiger partial charge on any atom is -0.351 e. The molecule has 2 heterocycles. The summed E-state index contributed by atoms with van der Waals surface area (Å²) in [5.74, 6) is 0.524. The molecule has 0 atom stereocenters. The van der Waals surface area contributed by atoms with Crippen LogP contribution in [0.1, 0.15) is 25.0 Å². The first-order chi connectivity index (χ1) is 10.0. The summed E-state index contributed by atoms with van der Waals surface area (Å²) in [7, 11) is 0. The number of nitrogens with zero attached hydrogens (tertiary/aromatic N) is 4. The summed E-state index contributed by atoms with van der Waals surface area (Å²) in [6.07, 6.45) is 1.60. The Hall–Kier alpha value is -1.83. The van der Waals surface area contributed by atoms with Gasteiger partial charge in [-0.25, -0.2) is 9.50 Å². The Morgan fingerprint density at radius 2 is 2.14 bits per heavy atom. The number of hydrogen-bond donors (Lipinski definition) is 1. The van der Waals surface area contributed by atoms with E-state index in [1.807, 2.05) is 4.90 Å². The SMILES string of the molecule is NCCN(c1nccn2nc(C(F)(F)F)cc12)C1CCC1.